The zero-order valence-electron chi connectivity index (χ0n) is 15.2. The van der Waals surface area contributed by atoms with Crippen LogP contribution in [0.15, 0.2) is 42.0 Å². The molecule has 1 aliphatic heterocycles. The summed E-state index contributed by atoms with van der Waals surface area (Å²) in [5.74, 6) is 1.74. The number of piperidine rings is 1. The summed E-state index contributed by atoms with van der Waals surface area (Å²) in [6, 6.07) is 8.10. The van der Waals surface area contributed by atoms with Gasteiger partial charge >= 0.3 is 0 Å². The number of carbonyl (C=O) groups excluding carboxylic acids is 1. The topological polar surface area (TPSA) is 58.1 Å². The first-order valence-electron chi connectivity index (χ1n) is 9.17. The molecule has 0 aliphatic carbocycles. The van der Waals surface area contributed by atoms with E-state index in [1.807, 2.05) is 29.8 Å². The number of rotatable bonds is 5. The smallest absolute Gasteiger partial charge is 0.263 e. The van der Waals surface area contributed by atoms with E-state index in [0.717, 1.165) is 40.3 Å². The number of aromatic nitrogens is 2. The van der Waals surface area contributed by atoms with Crippen LogP contribution < -0.4 is 10.2 Å². The first-order chi connectivity index (χ1) is 13.2. The first-order valence-corrected chi connectivity index (χ1v) is 10.9. The number of thiophene rings is 1. The van der Waals surface area contributed by atoms with E-state index in [9.17, 15) is 4.79 Å². The molecule has 3 aromatic heterocycles. The summed E-state index contributed by atoms with van der Waals surface area (Å²) < 4.78 is 0. The van der Waals surface area contributed by atoms with Crippen LogP contribution in [0.2, 0.25) is 0 Å². The number of amides is 1. The van der Waals surface area contributed by atoms with Crippen LogP contribution in [0.3, 0.4) is 0 Å². The highest BCUT2D eigenvalue weighted by molar-refractivity contribution is 7.21. The van der Waals surface area contributed by atoms with Crippen LogP contribution in [0.5, 0.6) is 0 Å². The quantitative estimate of drug-likeness (QED) is 0.691. The van der Waals surface area contributed by atoms with Crippen LogP contribution in [0.1, 0.15) is 35.0 Å². The maximum atomic E-state index is 12.4. The summed E-state index contributed by atoms with van der Waals surface area (Å²) >= 11 is 3.05. The van der Waals surface area contributed by atoms with E-state index in [1.54, 1.807) is 17.5 Å². The molecule has 1 fully saturated rings. The molecule has 0 bridgehead atoms. The van der Waals surface area contributed by atoms with Crippen LogP contribution in [0, 0.1) is 5.92 Å². The van der Waals surface area contributed by atoms with E-state index < -0.39 is 0 Å². The lowest BCUT2D eigenvalue weighted by Gasteiger charge is -2.31. The fourth-order valence-electron chi connectivity index (χ4n) is 3.11. The molecule has 0 radical (unpaired) electrons. The van der Waals surface area contributed by atoms with Crippen molar-refractivity contribution in [3.05, 3.63) is 52.5 Å². The molecule has 0 saturated carbocycles. The third kappa shape index (κ3) is 4.36. The molecule has 5 nitrogen and oxygen atoms in total. The first kappa shape index (κ1) is 18.1. The molecule has 140 valence electrons. The van der Waals surface area contributed by atoms with Gasteiger partial charge in [0.2, 0.25) is 0 Å². The Morgan fingerprint density at radius 2 is 2.07 bits per heavy atom. The zero-order valence-corrected chi connectivity index (χ0v) is 16.9. The van der Waals surface area contributed by atoms with Crippen LogP contribution in [0.4, 0.5) is 5.82 Å². The fourth-order valence-corrected chi connectivity index (χ4v) is 4.75. The average Bonchev–Trinajstić information content (AvgIpc) is 3.39. The van der Waals surface area contributed by atoms with E-state index in [1.165, 1.54) is 24.2 Å². The number of thiazole rings is 1. The molecule has 0 aromatic carbocycles. The number of carbonyl (C=O) groups is 1. The number of anilines is 1. The van der Waals surface area contributed by atoms with E-state index >= 15 is 0 Å². The molecule has 7 heteroatoms. The number of nitrogens with one attached hydrogen (secondary N) is 1. The standard InChI is InChI=1S/C20H22N4OS2/c1-14-6-8-24(9-7-14)18-5-4-15(11-21-18)12-22-19(25)17-13-23-20(27-17)16-3-2-10-26-16/h2-5,10-11,13-14H,6-9,12H2,1H3,(H,22,25). The minimum atomic E-state index is -0.0931. The Labute approximate surface area is 167 Å². The molecule has 1 amide bonds. The van der Waals surface area contributed by atoms with Crippen LogP contribution in [0.25, 0.3) is 9.88 Å². The van der Waals surface area contributed by atoms with Gasteiger partial charge in [-0.2, -0.15) is 0 Å². The third-order valence-corrected chi connectivity index (χ3v) is 6.87. The summed E-state index contributed by atoms with van der Waals surface area (Å²) in [6.07, 6.45) is 5.95. The number of nitrogens with zero attached hydrogens (tertiary/aromatic N) is 3. The molecule has 3 aromatic rings. The van der Waals surface area contributed by atoms with E-state index in [-0.39, 0.29) is 5.91 Å². The second-order valence-electron chi connectivity index (χ2n) is 6.88. The molecule has 1 N–H and O–H groups in total. The Morgan fingerprint density at radius 3 is 2.78 bits per heavy atom. The molecule has 0 spiro atoms. The summed E-state index contributed by atoms with van der Waals surface area (Å²) in [5, 5.41) is 5.86. The van der Waals surface area contributed by atoms with Gasteiger partial charge < -0.3 is 10.2 Å². The Hall–Kier alpha value is -2.25. The van der Waals surface area contributed by atoms with Crippen molar-refractivity contribution in [1.29, 1.82) is 0 Å². The second kappa shape index (κ2) is 8.19. The molecule has 4 rings (SSSR count). The van der Waals surface area contributed by atoms with Crippen LogP contribution in [-0.4, -0.2) is 29.0 Å². The van der Waals surface area contributed by atoms with Gasteiger partial charge in [-0.15, -0.1) is 22.7 Å². The molecular weight excluding hydrogens is 376 g/mol. The van der Waals surface area contributed by atoms with Gasteiger partial charge in [0, 0.05) is 25.8 Å². The fraction of sp³-hybridized carbons (Fsp3) is 0.350. The lowest BCUT2D eigenvalue weighted by atomic mass is 9.99. The zero-order chi connectivity index (χ0) is 18.6. The molecule has 1 aliphatic rings. The largest absolute Gasteiger partial charge is 0.357 e. The van der Waals surface area contributed by atoms with Crippen molar-refractivity contribution < 1.29 is 4.79 Å². The predicted molar refractivity (Wildman–Crippen MR) is 111 cm³/mol. The highest BCUT2D eigenvalue weighted by Gasteiger charge is 2.17. The van der Waals surface area contributed by atoms with Crippen molar-refractivity contribution in [2.75, 3.05) is 18.0 Å². The second-order valence-corrected chi connectivity index (χ2v) is 8.86. The van der Waals surface area contributed by atoms with Gasteiger partial charge in [-0.3, -0.25) is 4.79 Å². The third-order valence-electron chi connectivity index (χ3n) is 4.83. The Kier molecular flexibility index (Phi) is 5.50. The Bertz CT molecular complexity index is 881. The lowest BCUT2D eigenvalue weighted by molar-refractivity contribution is 0.0954. The van der Waals surface area contributed by atoms with Gasteiger partial charge in [0.1, 0.15) is 15.7 Å². The molecule has 0 unspecified atom stereocenters. The monoisotopic (exact) mass is 398 g/mol. The van der Waals surface area contributed by atoms with E-state index in [4.69, 9.17) is 0 Å². The molecule has 0 atom stereocenters. The van der Waals surface area contributed by atoms with Gasteiger partial charge in [-0.25, -0.2) is 9.97 Å². The average molecular weight is 399 g/mol. The minimum absolute atomic E-state index is 0.0931. The van der Waals surface area contributed by atoms with Crippen molar-refractivity contribution in [2.45, 2.75) is 26.3 Å². The van der Waals surface area contributed by atoms with Gasteiger partial charge in [-0.1, -0.05) is 19.1 Å². The maximum Gasteiger partial charge on any atom is 0.263 e. The van der Waals surface area contributed by atoms with Crippen molar-refractivity contribution in [1.82, 2.24) is 15.3 Å². The van der Waals surface area contributed by atoms with Crippen LogP contribution in [-0.2, 0) is 6.54 Å². The minimum Gasteiger partial charge on any atom is -0.357 e. The summed E-state index contributed by atoms with van der Waals surface area (Å²) in [4.78, 5) is 25.4. The van der Waals surface area contributed by atoms with Crippen LogP contribution >= 0.6 is 22.7 Å². The van der Waals surface area contributed by atoms with Crippen molar-refractivity contribution in [3.8, 4) is 9.88 Å². The number of hydrogen-bond acceptors (Lipinski definition) is 6. The summed E-state index contributed by atoms with van der Waals surface area (Å²) in [5.41, 5.74) is 1.00. The molecular formula is C20H22N4OS2. The van der Waals surface area contributed by atoms with E-state index in [2.05, 4.69) is 33.2 Å². The van der Waals surface area contributed by atoms with Crippen molar-refractivity contribution in [3.63, 3.8) is 0 Å². The van der Waals surface area contributed by atoms with Gasteiger partial charge in [0.05, 0.1) is 11.1 Å². The lowest BCUT2D eigenvalue weighted by Crippen LogP contribution is -2.33. The summed E-state index contributed by atoms with van der Waals surface area (Å²) in [6.45, 7) is 4.92. The highest BCUT2D eigenvalue weighted by Crippen LogP contribution is 2.28. The SMILES string of the molecule is CC1CCN(c2ccc(CNC(=O)c3cnc(-c4cccs4)s3)cn2)CC1. The van der Waals surface area contributed by atoms with E-state index in [0.29, 0.717) is 11.4 Å². The molecule has 4 heterocycles. The number of pyridine rings is 1. The Morgan fingerprint density at radius 1 is 1.22 bits per heavy atom. The van der Waals surface area contributed by atoms with Crippen molar-refractivity contribution in [2.24, 2.45) is 5.92 Å². The maximum absolute atomic E-state index is 12.4. The van der Waals surface area contributed by atoms with Gasteiger partial charge in [-0.05, 0) is 41.8 Å². The highest BCUT2D eigenvalue weighted by atomic mass is 32.1. The normalized spacial score (nSPS) is 15.1. The van der Waals surface area contributed by atoms with Gasteiger partial charge in [0.15, 0.2) is 0 Å². The Balaban J connectivity index is 1.32. The predicted octanol–water partition coefficient (Wildman–Crippen LogP) is 4.43. The van der Waals surface area contributed by atoms with Crippen molar-refractivity contribution >= 4 is 34.4 Å². The number of hydrogen-bond donors (Lipinski definition) is 1. The molecule has 1 saturated heterocycles. The summed E-state index contributed by atoms with van der Waals surface area (Å²) in [7, 11) is 0. The van der Waals surface area contributed by atoms with Gasteiger partial charge in [0.25, 0.3) is 5.91 Å². The molecule has 27 heavy (non-hydrogen) atoms.